The zero-order valence-electron chi connectivity index (χ0n) is 18.1. The number of para-hydroxylation sites is 2. The van der Waals surface area contributed by atoms with Crippen molar-refractivity contribution < 1.29 is 4.79 Å². The lowest BCUT2D eigenvalue weighted by molar-refractivity contribution is -0.118. The molecule has 3 aromatic carbocycles. The molecule has 1 unspecified atom stereocenters. The van der Waals surface area contributed by atoms with Crippen LogP contribution >= 0.6 is 0 Å². The van der Waals surface area contributed by atoms with E-state index in [4.69, 9.17) is 0 Å². The van der Waals surface area contributed by atoms with Crippen molar-refractivity contribution in [3.8, 4) is 0 Å². The first-order valence-corrected chi connectivity index (χ1v) is 11.0. The highest BCUT2D eigenvalue weighted by molar-refractivity contribution is 6.01. The van der Waals surface area contributed by atoms with Crippen molar-refractivity contribution in [1.82, 2.24) is 0 Å². The van der Waals surface area contributed by atoms with Crippen LogP contribution in [-0.4, -0.2) is 5.78 Å². The standard InChI is InChI=1S/C28H28N2O/c1-28(2)17-23-26(25(31)18-28)27(21-13-7-4-8-14-21)30(19-20-11-5-3-6-12-20)24-16-10-9-15-22(24)29-23/h3-16,27,29H,17-19H2,1-2H3. The van der Waals surface area contributed by atoms with E-state index in [2.05, 4.69) is 96.9 Å². The number of rotatable bonds is 3. The number of fused-ring (bicyclic) bond motifs is 1. The van der Waals surface area contributed by atoms with Crippen LogP contribution in [0.2, 0.25) is 0 Å². The van der Waals surface area contributed by atoms with E-state index in [1.165, 1.54) is 5.56 Å². The fourth-order valence-corrected chi connectivity index (χ4v) is 4.99. The van der Waals surface area contributed by atoms with Gasteiger partial charge in [-0.15, -0.1) is 0 Å². The summed E-state index contributed by atoms with van der Waals surface area (Å²) in [4.78, 5) is 16.0. The van der Waals surface area contributed by atoms with Gasteiger partial charge in [0.1, 0.15) is 0 Å². The van der Waals surface area contributed by atoms with E-state index in [0.717, 1.165) is 41.2 Å². The van der Waals surface area contributed by atoms with Gasteiger partial charge in [0.15, 0.2) is 5.78 Å². The highest BCUT2D eigenvalue weighted by Gasteiger charge is 2.41. The number of hydrogen-bond acceptors (Lipinski definition) is 3. The molecule has 156 valence electrons. The summed E-state index contributed by atoms with van der Waals surface area (Å²) in [5, 5.41) is 3.68. The van der Waals surface area contributed by atoms with Crippen LogP contribution < -0.4 is 10.2 Å². The van der Waals surface area contributed by atoms with Gasteiger partial charge in [-0.2, -0.15) is 0 Å². The molecule has 1 aliphatic heterocycles. The Bertz CT molecular complexity index is 1130. The number of nitrogens with zero attached hydrogens (tertiary/aromatic N) is 1. The Balaban J connectivity index is 1.74. The summed E-state index contributed by atoms with van der Waals surface area (Å²) in [6.07, 6.45) is 1.44. The predicted molar refractivity (Wildman–Crippen MR) is 127 cm³/mol. The second kappa shape index (κ2) is 7.73. The first kappa shape index (κ1) is 19.6. The van der Waals surface area contributed by atoms with E-state index in [1.54, 1.807) is 0 Å². The molecule has 5 rings (SSSR count). The van der Waals surface area contributed by atoms with Crippen molar-refractivity contribution in [2.75, 3.05) is 10.2 Å². The number of hydrogen-bond donors (Lipinski definition) is 1. The van der Waals surface area contributed by atoms with Crippen LogP contribution in [-0.2, 0) is 11.3 Å². The van der Waals surface area contributed by atoms with Crippen molar-refractivity contribution >= 4 is 17.2 Å². The number of benzene rings is 3. The Labute approximate surface area is 184 Å². The molecule has 0 bridgehead atoms. The van der Waals surface area contributed by atoms with Crippen molar-refractivity contribution in [3.63, 3.8) is 0 Å². The molecule has 1 atom stereocenters. The lowest BCUT2D eigenvalue weighted by atomic mass is 9.73. The van der Waals surface area contributed by atoms with Gasteiger partial charge in [-0.1, -0.05) is 86.6 Å². The number of carbonyl (C=O) groups excluding carboxylic acids is 1. The van der Waals surface area contributed by atoms with Crippen molar-refractivity contribution in [2.24, 2.45) is 5.41 Å². The highest BCUT2D eigenvalue weighted by atomic mass is 16.1. The van der Waals surface area contributed by atoms with E-state index in [-0.39, 0.29) is 17.2 Å². The number of Topliss-reactive ketones (excluding diaryl/α,β-unsaturated/α-hetero) is 1. The van der Waals surface area contributed by atoms with E-state index in [1.807, 2.05) is 12.1 Å². The molecule has 1 N–H and O–H groups in total. The number of anilines is 2. The normalized spacial score (nSPS) is 19.9. The van der Waals surface area contributed by atoms with Gasteiger partial charge in [-0.25, -0.2) is 0 Å². The van der Waals surface area contributed by atoms with Gasteiger partial charge >= 0.3 is 0 Å². The van der Waals surface area contributed by atoms with Crippen LogP contribution in [0.25, 0.3) is 0 Å². The number of carbonyl (C=O) groups is 1. The van der Waals surface area contributed by atoms with Gasteiger partial charge in [0.2, 0.25) is 0 Å². The van der Waals surface area contributed by atoms with E-state index < -0.39 is 0 Å². The summed E-state index contributed by atoms with van der Waals surface area (Å²) in [7, 11) is 0. The Hall–Kier alpha value is -3.33. The summed E-state index contributed by atoms with van der Waals surface area (Å²) in [5.41, 5.74) is 6.50. The van der Waals surface area contributed by atoms with Crippen LogP contribution in [0.4, 0.5) is 11.4 Å². The highest BCUT2D eigenvalue weighted by Crippen LogP contribution is 2.48. The predicted octanol–water partition coefficient (Wildman–Crippen LogP) is 6.50. The Morgan fingerprint density at radius 2 is 1.52 bits per heavy atom. The van der Waals surface area contributed by atoms with Crippen LogP contribution in [0.15, 0.2) is 96.2 Å². The van der Waals surface area contributed by atoms with Gasteiger partial charge in [-0.3, -0.25) is 4.79 Å². The first-order chi connectivity index (χ1) is 15.0. The monoisotopic (exact) mass is 408 g/mol. The molecule has 31 heavy (non-hydrogen) atoms. The zero-order valence-corrected chi connectivity index (χ0v) is 18.1. The maximum absolute atomic E-state index is 13.6. The van der Waals surface area contributed by atoms with E-state index in [0.29, 0.717) is 6.42 Å². The molecule has 3 nitrogen and oxygen atoms in total. The first-order valence-electron chi connectivity index (χ1n) is 11.0. The molecule has 3 heteroatoms. The smallest absolute Gasteiger partial charge is 0.163 e. The molecule has 0 radical (unpaired) electrons. The number of allylic oxidation sites excluding steroid dienone is 1. The van der Waals surface area contributed by atoms with E-state index >= 15 is 0 Å². The van der Waals surface area contributed by atoms with Gasteiger partial charge in [-0.05, 0) is 35.1 Å². The minimum Gasteiger partial charge on any atom is -0.357 e. The maximum Gasteiger partial charge on any atom is 0.163 e. The zero-order chi connectivity index (χ0) is 21.4. The van der Waals surface area contributed by atoms with Crippen molar-refractivity contribution in [3.05, 3.63) is 107 Å². The molecule has 0 spiro atoms. The quantitative estimate of drug-likeness (QED) is 0.537. The third kappa shape index (κ3) is 3.76. The Kier molecular flexibility index (Phi) is 4.90. The molecule has 1 aliphatic carbocycles. The second-order valence-corrected chi connectivity index (χ2v) is 9.40. The van der Waals surface area contributed by atoms with Crippen LogP contribution in [0.5, 0.6) is 0 Å². The molecule has 0 saturated heterocycles. The molecule has 1 heterocycles. The van der Waals surface area contributed by atoms with Crippen molar-refractivity contribution in [2.45, 2.75) is 39.3 Å². The Morgan fingerprint density at radius 1 is 0.871 bits per heavy atom. The average molecular weight is 409 g/mol. The molecule has 2 aliphatic rings. The summed E-state index contributed by atoms with van der Waals surface area (Å²) in [6.45, 7) is 5.10. The van der Waals surface area contributed by atoms with E-state index in [9.17, 15) is 4.79 Å². The van der Waals surface area contributed by atoms with Crippen LogP contribution in [0.1, 0.15) is 43.9 Å². The topological polar surface area (TPSA) is 32.3 Å². The Morgan fingerprint density at radius 3 is 2.26 bits per heavy atom. The largest absolute Gasteiger partial charge is 0.357 e. The molecule has 0 aromatic heterocycles. The number of ketones is 1. The van der Waals surface area contributed by atoms with Crippen LogP contribution in [0, 0.1) is 5.41 Å². The fourth-order valence-electron chi connectivity index (χ4n) is 4.99. The molecule has 0 amide bonds. The van der Waals surface area contributed by atoms with Gasteiger partial charge < -0.3 is 10.2 Å². The van der Waals surface area contributed by atoms with Gasteiger partial charge in [0, 0.05) is 24.2 Å². The number of nitrogens with one attached hydrogen (secondary N) is 1. The third-order valence-electron chi connectivity index (χ3n) is 6.32. The lowest BCUT2D eigenvalue weighted by Crippen LogP contribution is -2.36. The third-order valence-corrected chi connectivity index (χ3v) is 6.32. The second-order valence-electron chi connectivity index (χ2n) is 9.40. The average Bonchev–Trinajstić information content (AvgIpc) is 2.89. The molecule has 3 aromatic rings. The minimum absolute atomic E-state index is 0.0479. The summed E-state index contributed by atoms with van der Waals surface area (Å²) >= 11 is 0. The molecular formula is C28H28N2O. The van der Waals surface area contributed by atoms with Gasteiger partial charge in [0.25, 0.3) is 0 Å². The van der Waals surface area contributed by atoms with Gasteiger partial charge in [0.05, 0.1) is 17.4 Å². The molecule has 0 fully saturated rings. The lowest BCUT2D eigenvalue weighted by Gasteiger charge is -2.38. The SMILES string of the molecule is CC1(C)CC(=O)C2=C(C1)Nc1ccccc1N(Cc1ccccc1)C2c1ccccc1. The van der Waals surface area contributed by atoms with Crippen LogP contribution in [0.3, 0.4) is 0 Å². The molecular weight excluding hydrogens is 380 g/mol. The summed E-state index contributed by atoms with van der Waals surface area (Å²) in [5.74, 6) is 0.249. The summed E-state index contributed by atoms with van der Waals surface area (Å²) in [6, 6.07) is 29.3. The minimum atomic E-state index is -0.129. The molecule has 0 saturated carbocycles. The maximum atomic E-state index is 13.6. The fraction of sp³-hybridized carbons (Fsp3) is 0.250. The van der Waals surface area contributed by atoms with Crippen molar-refractivity contribution in [1.29, 1.82) is 0 Å². The summed E-state index contributed by atoms with van der Waals surface area (Å²) < 4.78 is 0.